The molecule has 2 aliphatic carbocycles. The second kappa shape index (κ2) is 2.85. The molecule has 13 heavy (non-hydrogen) atoms. The second-order valence-electron chi connectivity index (χ2n) is 4.08. The fourth-order valence-corrected chi connectivity index (χ4v) is 2.69. The van der Waals surface area contributed by atoms with Crippen molar-refractivity contribution in [2.75, 3.05) is 0 Å². The minimum absolute atomic E-state index is 0.350. The standard InChI is InChI=1S/C12H14O/c1-3-7-11-9(5-1)10-6-2-4-8-12(10)13-11/h1,3-5,7-12H,2,6H2/t9?,10-,11?,12-/m1/s1. The molecule has 1 heterocycles. The predicted octanol–water partition coefficient (Wildman–Crippen LogP) is 2.46. The van der Waals surface area contributed by atoms with Gasteiger partial charge in [0.2, 0.25) is 0 Å². The SMILES string of the molecule is C1=CC2O[C@@H]3C=CCC[C@@H]3C2C=C1. The van der Waals surface area contributed by atoms with E-state index in [2.05, 4.69) is 36.5 Å². The molecule has 1 fully saturated rings. The lowest BCUT2D eigenvalue weighted by atomic mass is 9.80. The zero-order chi connectivity index (χ0) is 8.67. The topological polar surface area (TPSA) is 9.23 Å². The Bertz CT molecular complexity index is 287. The fourth-order valence-electron chi connectivity index (χ4n) is 2.69. The minimum atomic E-state index is 0.350. The Labute approximate surface area is 78.8 Å². The Morgan fingerprint density at radius 1 is 1.00 bits per heavy atom. The number of hydrogen-bond donors (Lipinski definition) is 0. The molecule has 0 aromatic rings. The molecule has 3 aliphatic rings. The van der Waals surface area contributed by atoms with E-state index in [4.69, 9.17) is 4.74 Å². The number of allylic oxidation sites excluding steroid dienone is 3. The van der Waals surface area contributed by atoms with Gasteiger partial charge in [-0.1, -0.05) is 36.5 Å². The van der Waals surface area contributed by atoms with Gasteiger partial charge < -0.3 is 4.74 Å². The molecule has 0 amide bonds. The Morgan fingerprint density at radius 3 is 2.92 bits per heavy atom. The summed E-state index contributed by atoms with van der Waals surface area (Å²) in [6, 6.07) is 0. The van der Waals surface area contributed by atoms with E-state index in [1.54, 1.807) is 0 Å². The van der Waals surface area contributed by atoms with Gasteiger partial charge in [0, 0.05) is 5.92 Å². The number of hydrogen-bond acceptors (Lipinski definition) is 1. The van der Waals surface area contributed by atoms with E-state index in [9.17, 15) is 0 Å². The smallest absolute Gasteiger partial charge is 0.0833 e. The van der Waals surface area contributed by atoms with Crippen LogP contribution < -0.4 is 0 Å². The van der Waals surface area contributed by atoms with E-state index in [0.29, 0.717) is 18.1 Å². The molecule has 0 aromatic carbocycles. The van der Waals surface area contributed by atoms with E-state index in [0.717, 1.165) is 5.92 Å². The Balaban J connectivity index is 1.91. The predicted molar refractivity (Wildman–Crippen MR) is 52.3 cm³/mol. The number of ether oxygens (including phenoxy) is 1. The maximum Gasteiger partial charge on any atom is 0.0833 e. The summed E-state index contributed by atoms with van der Waals surface area (Å²) in [7, 11) is 0. The molecule has 3 rings (SSSR count). The van der Waals surface area contributed by atoms with Crippen LogP contribution in [0.1, 0.15) is 12.8 Å². The summed E-state index contributed by atoms with van der Waals surface area (Å²) in [6.45, 7) is 0. The van der Waals surface area contributed by atoms with Crippen molar-refractivity contribution in [2.24, 2.45) is 11.8 Å². The monoisotopic (exact) mass is 174 g/mol. The molecule has 1 saturated heterocycles. The first-order chi connectivity index (χ1) is 6.45. The lowest BCUT2D eigenvalue weighted by molar-refractivity contribution is 0.0824. The Kier molecular flexibility index (Phi) is 1.66. The summed E-state index contributed by atoms with van der Waals surface area (Å²) in [4.78, 5) is 0. The molecule has 0 saturated carbocycles. The second-order valence-corrected chi connectivity index (χ2v) is 4.08. The first-order valence-electron chi connectivity index (χ1n) is 5.12. The van der Waals surface area contributed by atoms with Gasteiger partial charge in [0.1, 0.15) is 0 Å². The molecule has 0 spiro atoms. The molecule has 1 heteroatoms. The molecule has 0 aromatic heterocycles. The van der Waals surface area contributed by atoms with Gasteiger partial charge >= 0.3 is 0 Å². The van der Waals surface area contributed by atoms with Crippen molar-refractivity contribution in [3.8, 4) is 0 Å². The van der Waals surface area contributed by atoms with Gasteiger partial charge in [0.25, 0.3) is 0 Å². The third kappa shape index (κ3) is 1.11. The van der Waals surface area contributed by atoms with Crippen molar-refractivity contribution in [3.05, 3.63) is 36.5 Å². The number of rotatable bonds is 0. The summed E-state index contributed by atoms with van der Waals surface area (Å²) < 4.78 is 5.94. The normalized spacial score (nSPS) is 46.2. The van der Waals surface area contributed by atoms with E-state index in [-0.39, 0.29) is 0 Å². The lowest BCUT2D eigenvalue weighted by Crippen LogP contribution is -2.21. The van der Waals surface area contributed by atoms with Crippen LogP contribution in [0.15, 0.2) is 36.5 Å². The summed E-state index contributed by atoms with van der Waals surface area (Å²) in [5.74, 6) is 1.37. The van der Waals surface area contributed by atoms with E-state index < -0.39 is 0 Å². The minimum Gasteiger partial charge on any atom is -0.366 e. The Morgan fingerprint density at radius 2 is 1.92 bits per heavy atom. The van der Waals surface area contributed by atoms with Crippen LogP contribution in [0.2, 0.25) is 0 Å². The quantitative estimate of drug-likeness (QED) is 0.512. The zero-order valence-electron chi connectivity index (χ0n) is 7.60. The van der Waals surface area contributed by atoms with Gasteiger partial charge in [-0.3, -0.25) is 0 Å². The van der Waals surface area contributed by atoms with Gasteiger partial charge in [0.15, 0.2) is 0 Å². The van der Waals surface area contributed by atoms with Crippen molar-refractivity contribution in [2.45, 2.75) is 25.0 Å². The molecule has 1 nitrogen and oxygen atoms in total. The molecule has 0 N–H and O–H groups in total. The van der Waals surface area contributed by atoms with Crippen molar-refractivity contribution in [3.63, 3.8) is 0 Å². The molecule has 2 unspecified atom stereocenters. The highest BCUT2D eigenvalue weighted by molar-refractivity contribution is 5.21. The number of fused-ring (bicyclic) bond motifs is 3. The van der Waals surface area contributed by atoms with Gasteiger partial charge in [-0.15, -0.1) is 0 Å². The van der Waals surface area contributed by atoms with E-state index in [1.807, 2.05) is 0 Å². The van der Waals surface area contributed by atoms with Gasteiger partial charge in [-0.05, 0) is 18.8 Å². The van der Waals surface area contributed by atoms with Crippen molar-refractivity contribution < 1.29 is 4.74 Å². The first-order valence-corrected chi connectivity index (χ1v) is 5.12. The highest BCUT2D eigenvalue weighted by atomic mass is 16.5. The molecule has 4 atom stereocenters. The third-order valence-corrected chi connectivity index (χ3v) is 3.35. The van der Waals surface area contributed by atoms with E-state index >= 15 is 0 Å². The van der Waals surface area contributed by atoms with E-state index in [1.165, 1.54) is 12.8 Å². The third-order valence-electron chi connectivity index (χ3n) is 3.35. The van der Waals surface area contributed by atoms with Gasteiger partial charge in [-0.2, -0.15) is 0 Å². The van der Waals surface area contributed by atoms with Gasteiger partial charge in [-0.25, -0.2) is 0 Å². The molecular weight excluding hydrogens is 160 g/mol. The van der Waals surface area contributed by atoms with Crippen LogP contribution in [-0.2, 0) is 4.74 Å². The molecule has 0 radical (unpaired) electrons. The first kappa shape index (κ1) is 7.57. The summed E-state index contributed by atoms with van der Waals surface area (Å²) >= 11 is 0. The zero-order valence-corrected chi connectivity index (χ0v) is 7.60. The van der Waals surface area contributed by atoms with Crippen molar-refractivity contribution >= 4 is 0 Å². The van der Waals surface area contributed by atoms with Gasteiger partial charge in [0.05, 0.1) is 12.2 Å². The Hall–Kier alpha value is -0.820. The average Bonchev–Trinajstić information content (AvgIpc) is 2.56. The van der Waals surface area contributed by atoms with Crippen LogP contribution in [0.25, 0.3) is 0 Å². The molecule has 1 aliphatic heterocycles. The summed E-state index contributed by atoms with van der Waals surface area (Å²) in [5, 5.41) is 0. The highest BCUT2D eigenvalue weighted by Gasteiger charge is 2.41. The van der Waals surface area contributed by atoms with Crippen LogP contribution in [-0.4, -0.2) is 12.2 Å². The highest BCUT2D eigenvalue weighted by Crippen LogP contribution is 2.41. The fraction of sp³-hybridized carbons (Fsp3) is 0.500. The maximum absolute atomic E-state index is 5.94. The van der Waals surface area contributed by atoms with Crippen molar-refractivity contribution in [1.82, 2.24) is 0 Å². The van der Waals surface area contributed by atoms with Crippen LogP contribution >= 0.6 is 0 Å². The lowest BCUT2D eigenvalue weighted by Gasteiger charge is -2.22. The summed E-state index contributed by atoms with van der Waals surface area (Å²) in [6.07, 6.45) is 16.5. The largest absolute Gasteiger partial charge is 0.366 e. The molecule has 0 bridgehead atoms. The van der Waals surface area contributed by atoms with Crippen LogP contribution in [0.3, 0.4) is 0 Å². The molecule has 68 valence electrons. The maximum atomic E-state index is 5.94. The van der Waals surface area contributed by atoms with Crippen LogP contribution in [0.5, 0.6) is 0 Å². The van der Waals surface area contributed by atoms with Crippen LogP contribution in [0.4, 0.5) is 0 Å². The van der Waals surface area contributed by atoms with Crippen molar-refractivity contribution in [1.29, 1.82) is 0 Å². The summed E-state index contributed by atoms with van der Waals surface area (Å²) in [5.41, 5.74) is 0. The molecular formula is C12H14O. The van der Waals surface area contributed by atoms with Crippen LogP contribution in [0, 0.1) is 11.8 Å². The average molecular weight is 174 g/mol.